The van der Waals surface area contributed by atoms with Crippen molar-refractivity contribution < 1.29 is 28.5 Å². The number of carbonyl (C=O) groups is 2. The molecule has 34 heavy (non-hydrogen) atoms. The van der Waals surface area contributed by atoms with Gasteiger partial charge in [0.1, 0.15) is 0 Å². The van der Waals surface area contributed by atoms with E-state index in [4.69, 9.17) is 18.9 Å². The first-order valence-electron chi connectivity index (χ1n) is 10.7. The number of rotatable bonds is 11. The topological polar surface area (TPSA) is 96.0 Å². The van der Waals surface area contributed by atoms with Crippen LogP contribution in [0.2, 0.25) is 0 Å². The highest BCUT2D eigenvalue weighted by Gasteiger charge is 2.20. The van der Waals surface area contributed by atoms with Crippen LogP contribution in [0.25, 0.3) is 11.3 Å². The second-order valence-corrected chi connectivity index (χ2v) is 8.55. The zero-order valence-corrected chi connectivity index (χ0v) is 21.5. The van der Waals surface area contributed by atoms with Crippen LogP contribution in [0.1, 0.15) is 31.1 Å². The van der Waals surface area contributed by atoms with Crippen molar-refractivity contribution in [2.75, 3.05) is 31.7 Å². The minimum atomic E-state index is -0.686. The summed E-state index contributed by atoms with van der Waals surface area (Å²) in [4.78, 5) is 29.4. The van der Waals surface area contributed by atoms with Gasteiger partial charge in [-0.1, -0.05) is 28.1 Å². The predicted molar refractivity (Wildman–Crippen MR) is 134 cm³/mol. The molecule has 8 nitrogen and oxygen atoms in total. The lowest BCUT2D eigenvalue weighted by atomic mass is 10.2. The molecule has 0 fully saturated rings. The van der Waals surface area contributed by atoms with Gasteiger partial charge < -0.3 is 18.9 Å². The van der Waals surface area contributed by atoms with Gasteiger partial charge >= 0.3 is 5.97 Å². The second kappa shape index (κ2) is 12.4. The number of ether oxygens (including phenoxy) is 4. The van der Waals surface area contributed by atoms with E-state index in [9.17, 15) is 9.59 Å². The monoisotopic (exact) mass is 548 g/mol. The molecular weight excluding hydrogens is 524 g/mol. The van der Waals surface area contributed by atoms with Gasteiger partial charge in [0.15, 0.2) is 23.2 Å². The Labute approximate surface area is 210 Å². The lowest BCUT2D eigenvalue weighted by Gasteiger charge is -2.16. The molecule has 0 saturated carbocycles. The van der Waals surface area contributed by atoms with E-state index in [1.807, 2.05) is 50.4 Å². The molecule has 180 valence electrons. The van der Waals surface area contributed by atoms with Crippen molar-refractivity contribution in [2.24, 2.45) is 0 Å². The summed E-state index contributed by atoms with van der Waals surface area (Å²) in [5.74, 6) is -0.0202. The molecule has 0 atom stereocenters. The molecule has 1 amide bonds. The SMILES string of the molecule is CCOc1cc(C(=O)OCC(=O)Nc2nc(-c3cccc(Br)c3)cs2)cc(OCC)c1OCC. The van der Waals surface area contributed by atoms with Crippen molar-refractivity contribution in [3.05, 3.63) is 51.8 Å². The lowest BCUT2D eigenvalue weighted by Crippen LogP contribution is -2.21. The summed E-state index contributed by atoms with van der Waals surface area (Å²) in [5.41, 5.74) is 1.84. The van der Waals surface area contributed by atoms with Gasteiger partial charge in [-0.05, 0) is 45.0 Å². The van der Waals surface area contributed by atoms with Crippen molar-refractivity contribution >= 4 is 44.3 Å². The Bertz CT molecular complexity index is 1120. The first-order valence-corrected chi connectivity index (χ1v) is 12.4. The number of thiazole rings is 1. The summed E-state index contributed by atoms with van der Waals surface area (Å²) in [5, 5.41) is 4.91. The fraction of sp³-hybridized carbons (Fsp3) is 0.292. The maximum Gasteiger partial charge on any atom is 0.338 e. The highest BCUT2D eigenvalue weighted by atomic mass is 79.9. The zero-order chi connectivity index (χ0) is 24.5. The molecule has 3 rings (SSSR count). The van der Waals surface area contributed by atoms with Crippen LogP contribution in [-0.2, 0) is 9.53 Å². The highest BCUT2D eigenvalue weighted by Crippen LogP contribution is 2.39. The zero-order valence-electron chi connectivity index (χ0n) is 19.1. The maximum absolute atomic E-state index is 12.6. The van der Waals surface area contributed by atoms with E-state index in [1.165, 1.54) is 23.5 Å². The molecule has 0 unspecified atom stereocenters. The lowest BCUT2D eigenvalue weighted by molar-refractivity contribution is -0.119. The molecule has 1 aromatic heterocycles. The number of benzene rings is 2. The smallest absolute Gasteiger partial charge is 0.338 e. The average molecular weight is 549 g/mol. The van der Waals surface area contributed by atoms with E-state index in [2.05, 4.69) is 26.2 Å². The Kier molecular flexibility index (Phi) is 9.29. The van der Waals surface area contributed by atoms with Gasteiger partial charge in [-0.3, -0.25) is 10.1 Å². The maximum atomic E-state index is 12.6. The number of carbonyl (C=O) groups excluding carboxylic acids is 2. The van der Waals surface area contributed by atoms with E-state index in [0.717, 1.165) is 15.7 Å². The van der Waals surface area contributed by atoms with E-state index in [1.54, 1.807) is 0 Å². The van der Waals surface area contributed by atoms with Crippen LogP contribution in [0, 0.1) is 0 Å². The molecule has 0 aliphatic heterocycles. The number of amides is 1. The second-order valence-electron chi connectivity index (χ2n) is 6.77. The van der Waals surface area contributed by atoms with E-state index in [-0.39, 0.29) is 5.56 Å². The number of hydrogen-bond donors (Lipinski definition) is 1. The van der Waals surface area contributed by atoms with Gasteiger partial charge in [0.25, 0.3) is 5.91 Å². The van der Waals surface area contributed by atoms with Crippen molar-refractivity contribution in [1.82, 2.24) is 4.98 Å². The highest BCUT2D eigenvalue weighted by molar-refractivity contribution is 9.10. The number of nitrogens with zero attached hydrogens (tertiary/aromatic N) is 1. The van der Waals surface area contributed by atoms with Gasteiger partial charge in [-0.2, -0.15) is 0 Å². The van der Waals surface area contributed by atoms with Gasteiger partial charge in [-0.15, -0.1) is 11.3 Å². The average Bonchev–Trinajstić information content (AvgIpc) is 3.28. The number of hydrogen-bond acceptors (Lipinski definition) is 8. The van der Waals surface area contributed by atoms with Crippen LogP contribution in [-0.4, -0.2) is 43.3 Å². The Hall–Kier alpha value is -3.11. The molecule has 0 aliphatic rings. The number of anilines is 1. The van der Waals surface area contributed by atoms with E-state index < -0.39 is 18.5 Å². The van der Waals surface area contributed by atoms with Crippen LogP contribution < -0.4 is 19.5 Å². The first-order chi connectivity index (χ1) is 16.4. The fourth-order valence-electron chi connectivity index (χ4n) is 2.99. The summed E-state index contributed by atoms with van der Waals surface area (Å²) in [6.07, 6.45) is 0. The summed E-state index contributed by atoms with van der Waals surface area (Å²) < 4.78 is 23.0. The van der Waals surface area contributed by atoms with Crippen LogP contribution in [0.15, 0.2) is 46.3 Å². The Morgan fingerprint density at radius 1 is 1.00 bits per heavy atom. The standard InChI is InChI=1S/C24H25BrN2O6S/c1-4-30-19-11-16(12-20(31-5-2)22(19)32-6-3)23(29)33-13-21(28)27-24-26-18(14-34-24)15-8-7-9-17(25)10-15/h7-12,14H,4-6,13H2,1-3H3,(H,26,27,28). The number of esters is 1. The van der Waals surface area contributed by atoms with Crippen molar-refractivity contribution in [3.63, 3.8) is 0 Å². The summed E-state index contributed by atoms with van der Waals surface area (Å²) in [6.45, 7) is 6.19. The molecule has 0 saturated heterocycles. The minimum Gasteiger partial charge on any atom is -0.490 e. The summed E-state index contributed by atoms with van der Waals surface area (Å²) in [6, 6.07) is 10.7. The van der Waals surface area contributed by atoms with E-state index >= 15 is 0 Å². The molecule has 0 aliphatic carbocycles. The molecule has 3 aromatic rings. The van der Waals surface area contributed by atoms with Crippen molar-refractivity contribution in [1.29, 1.82) is 0 Å². The largest absolute Gasteiger partial charge is 0.490 e. The minimum absolute atomic E-state index is 0.189. The van der Waals surface area contributed by atoms with Crippen molar-refractivity contribution in [3.8, 4) is 28.5 Å². The quantitative estimate of drug-likeness (QED) is 0.313. The number of nitrogens with one attached hydrogen (secondary N) is 1. The molecular formula is C24H25BrN2O6S. The van der Waals surface area contributed by atoms with Crippen molar-refractivity contribution in [2.45, 2.75) is 20.8 Å². The molecule has 0 spiro atoms. The summed E-state index contributed by atoms with van der Waals surface area (Å²) >= 11 is 4.72. The first kappa shape index (κ1) is 25.5. The third-order valence-corrected chi connectivity index (χ3v) is 5.60. The summed E-state index contributed by atoms with van der Waals surface area (Å²) in [7, 11) is 0. The predicted octanol–water partition coefficient (Wildman–Crippen LogP) is 5.56. The number of aromatic nitrogens is 1. The van der Waals surface area contributed by atoms with Gasteiger partial charge in [-0.25, -0.2) is 9.78 Å². The molecule has 0 bridgehead atoms. The third kappa shape index (κ3) is 6.71. The normalized spacial score (nSPS) is 10.5. The van der Waals surface area contributed by atoms with Crippen LogP contribution in [0.5, 0.6) is 17.2 Å². The Morgan fingerprint density at radius 3 is 2.29 bits per heavy atom. The van der Waals surface area contributed by atoms with Gasteiger partial charge in [0.2, 0.25) is 5.75 Å². The molecule has 2 aromatic carbocycles. The Morgan fingerprint density at radius 2 is 1.68 bits per heavy atom. The molecule has 10 heteroatoms. The molecule has 1 N–H and O–H groups in total. The number of halogens is 1. The van der Waals surface area contributed by atoms with Crippen LogP contribution in [0.3, 0.4) is 0 Å². The van der Waals surface area contributed by atoms with Crippen LogP contribution >= 0.6 is 27.3 Å². The molecule has 0 radical (unpaired) electrons. The van der Waals surface area contributed by atoms with E-state index in [0.29, 0.717) is 42.2 Å². The fourth-order valence-corrected chi connectivity index (χ4v) is 4.12. The van der Waals surface area contributed by atoms with Gasteiger partial charge in [0.05, 0.1) is 31.1 Å². The Balaban J connectivity index is 1.65. The molecule has 1 heterocycles. The van der Waals surface area contributed by atoms with Gasteiger partial charge in [0, 0.05) is 15.4 Å². The van der Waals surface area contributed by atoms with Crippen LogP contribution in [0.4, 0.5) is 5.13 Å². The third-order valence-electron chi connectivity index (χ3n) is 4.35.